The first-order valence-electron chi connectivity index (χ1n) is 11.9. The highest BCUT2D eigenvalue weighted by Gasteiger charge is 2.57. The highest BCUT2D eigenvalue weighted by molar-refractivity contribution is 7.45. The fourth-order valence-corrected chi connectivity index (χ4v) is 7.55. The summed E-state index contributed by atoms with van der Waals surface area (Å²) in [6, 6.07) is 10.6. The molecule has 34 heavy (non-hydrogen) atoms. The van der Waals surface area contributed by atoms with E-state index in [-0.39, 0.29) is 12.1 Å². The molecule has 4 heterocycles. The van der Waals surface area contributed by atoms with Crippen molar-refractivity contribution in [2.45, 2.75) is 76.2 Å². The van der Waals surface area contributed by atoms with Crippen molar-refractivity contribution in [3.05, 3.63) is 68.5 Å². The lowest BCUT2D eigenvalue weighted by Gasteiger charge is -2.29. The first-order valence-corrected chi connectivity index (χ1v) is 13.0. The summed E-state index contributed by atoms with van der Waals surface area (Å²) in [4.78, 5) is 26.8. The van der Waals surface area contributed by atoms with Gasteiger partial charge in [0.25, 0.3) is 14.1 Å². The van der Waals surface area contributed by atoms with Crippen LogP contribution in [0.3, 0.4) is 0 Å². The number of benzene rings is 1. The number of fused-ring (bicyclic) bond motifs is 1. The van der Waals surface area contributed by atoms with Gasteiger partial charge in [-0.2, -0.15) is 0 Å². The highest BCUT2D eigenvalue weighted by Crippen LogP contribution is 2.64. The maximum Gasteiger partial charge on any atom is 0.330 e. The van der Waals surface area contributed by atoms with Crippen molar-refractivity contribution in [3.8, 4) is 0 Å². The Kier molecular flexibility index (Phi) is 6.52. The third kappa shape index (κ3) is 3.88. The van der Waals surface area contributed by atoms with E-state index in [2.05, 4.69) is 28.7 Å². The summed E-state index contributed by atoms with van der Waals surface area (Å²) in [5.74, 6) is 0. The van der Waals surface area contributed by atoms with Gasteiger partial charge in [0.15, 0.2) is 6.23 Å². The minimum absolute atomic E-state index is 0.240. The first-order chi connectivity index (χ1) is 16.4. The number of nitrogens with one attached hydrogen (secondary N) is 1. The van der Waals surface area contributed by atoms with Crippen LogP contribution in [0.1, 0.15) is 50.5 Å². The number of rotatable bonds is 6. The number of hydrogen-bond donors (Lipinski definition) is 1. The number of aryl methyl sites for hydroxylation is 1. The Morgan fingerprint density at radius 2 is 2.00 bits per heavy atom. The molecule has 0 aliphatic carbocycles. The molecule has 3 aliphatic heterocycles. The van der Waals surface area contributed by atoms with Crippen LogP contribution in [-0.2, 0) is 24.1 Å². The number of H-pyrrole nitrogens is 1. The molecular formula is C24H32N3O6P. The standard InChI is InChI=1S/C24H32N3O6P/c1-5-17-19(20(30-4)22(31-17)26-14-15(2)21(28)25-23(26)29)32-34-27-13-9-12-18(27)24(3,33-34)16-10-7-6-8-11-16/h6-8,10-11,14,17-20,22H,5,9,12-13H2,1-4H3,(H,25,28,29)/t17-,18-,19?,20+,22-,24+,34-/m1/s1. The molecule has 10 heteroatoms. The highest BCUT2D eigenvalue weighted by atomic mass is 31.2. The van der Waals surface area contributed by atoms with Crippen LogP contribution in [0.2, 0.25) is 0 Å². The average Bonchev–Trinajstić information content (AvgIpc) is 3.52. The van der Waals surface area contributed by atoms with E-state index in [1.807, 2.05) is 25.1 Å². The van der Waals surface area contributed by atoms with Crippen LogP contribution in [0.25, 0.3) is 0 Å². The van der Waals surface area contributed by atoms with Crippen LogP contribution < -0.4 is 11.2 Å². The van der Waals surface area contributed by atoms with Gasteiger partial charge in [-0.15, -0.1) is 0 Å². The largest absolute Gasteiger partial charge is 0.374 e. The van der Waals surface area contributed by atoms with E-state index < -0.39 is 43.8 Å². The summed E-state index contributed by atoms with van der Waals surface area (Å²) >= 11 is 0. The Bertz CT molecular complexity index is 1140. The molecule has 1 aromatic heterocycles. The molecule has 1 N–H and O–H groups in total. The van der Waals surface area contributed by atoms with E-state index in [1.165, 1.54) is 10.8 Å². The fourth-order valence-electron chi connectivity index (χ4n) is 5.40. The lowest BCUT2D eigenvalue weighted by molar-refractivity contribution is -0.0540. The van der Waals surface area contributed by atoms with Gasteiger partial charge in [0, 0.05) is 25.4 Å². The number of aromatic nitrogens is 2. The van der Waals surface area contributed by atoms with E-state index in [0.717, 1.165) is 24.9 Å². The van der Waals surface area contributed by atoms with E-state index in [0.29, 0.717) is 12.0 Å². The van der Waals surface area contributed by atoms with Crippen LogP contribution in [0, 0.1) is 6.92 Å². The van der Waals surface area contributed by atoms with Crippen molar-refractivity contribution < 1.29 is 18.5 Å². The Morgan fingerprint density at radius 1 is 1.24 bits per heavy atom. The second kappa shape index (κ2) is 9.30. The summed E-state index contributed by atoms with van der Waals surface area (Å²) in [5.41, 5.74) is 0.178. The zero-order valence-corrected chi connectivity index (χ0v) is 20.9. The topological polar surface area (TPSA) is 95.0 Å². The molecule has 0 amide bonds. The summed E-state index contributed by atoms with van der Waals surface area (Å²) in [5, 5.41) is 0. The SMILES string of the molecule is CC[C@H]1O[C@@H](n2cc(C)c(=O)[nH]c2=O)[C@@H](OC)C1O[P@]1O[C@@](C)(c2ccccc2)[C@H]2CCCN21. The summed E-state index contributed by atoms with van der Waals surface area (Å²) in [6.07, 6.45) is 2.38. The van der Waals surface area contributed by atoms with Crippen LogP contribution in [0.15, 0.2) is 46.1 Å². The monoisotopic (exact) mass is 489 g/mol. The van der Waals surface area contributed by atoms with Gasteiger partial charge in [0.1, 0.15) is 17.8 Å². The summed E-state index contributed by atoms with van der Waals surface area (Å²) < 4.78 is 29.2. The maximum absolute atomic E-state index is 12.6. The molecule has 184 valence electrons. The molecular weight excluding hydrogens is 457 g/mol. The Hall–Kier alpha value is -1.87. The molecule has 5 rings (SSSR count). The van der Waals surface area contributed by atoms with Crippen LogP contribution in [0.5, 0.6) is 0 Å². The van der Waals surface area contributed by atoms with Crippen LogP contribution in [0.4, 0.5) is 0 Å². The fraction of sp³-hybridized carbons (Fsp3) is 0.583. The lowest BCUT2D eigenvalue weighted by Crippen LogP contribution is -2.40. The summed E-state index contributed by atoms with van der Waals surface area (Å²) in [7, 11) is 0.240. The molecule has 0 bridgehead atoms. The normalized spacial score (nSPS) is 35.6. The third-order valence-electron chi connectivity index (χ3n) is 7.28. The molecule has 3 fully saturated rings. The molecule has 1 unspecified atom stereocenters. The van der Waals surface area contributed by atoms with Crippen molar-refractivity contribution >= 4 is 8.53 Å². The number of hydrogen-bond acceptors (Lipinski definition) is 7. The lowest BCUT2D eigenvalue weighted by atomic mass is 9.87. The van der Waals surface area contributed by atoms with Gasteiger partial charge < -0.3 is 18.5 Å². The second-order valence-corrected chi connectivity index (χ2v) is 10.7. The van der Waals surface area contributed by atoms with E-state index in [9.17, 15) is 9.59 Å². The molecule has 7 atom stereocenters. The van der Waals surface area contributed by atoms with Gasteiger partial charge in [-0.3, -0.25) is 14.3 Å². The van der Waals surface area contributed by atoms with Gasteiger partial charge in [0.2, 0.25) is 0 Å². The minimum atomic E-state index is -1.35. The van der Waals surface area contributed by atoms with Gasteiger partial charge in [0.05, 0.1) is 12.1 Å². The van der Waals surface area contributed by atoms with E-state index >= 15 is 0 Å². The third-order valence-corrected chi connectivity index (χ3v) is 9.13. The number of methoxy groups -OCH3 is 1. The second-order valence-electron chi connectivity index (χ2n) is 9.35. The number of aromatic amines is 1. The van der Waals surface area contributed by atoms with Crippen molar-refractivity contribution in [1.82, 2.24) is 14.2 Å². The Balaban J connectivity index is 1.44. The van der Waals surface area contributed by atoms with E-state index in [4.69, 9.17) is 18.5 Å². The van der Waals surface area contributed by atoms with Gasteiger partial charge in [-0.1, -0.05) is 37.3 Å². The number of ether oxygens (including phenoxy) is 2. The van der Waals surface area contributed by atoms with Crippen molar-refractivity contribution in [3.63, 3.8) is 0 Å². The maximum atomic E-state index is 12.6. The Morgan fingerprint density at radius 3 is 2.71 bits per heavy atom. The predicted molar refractivity (Wildman–Crippen MR) is 127 cm³/mol. The molecule has 2 aromatic rings. The smallest absolute Gasteiger partial charge is 0.330 e. The zero-order valence-electron chi connectivity index (χ0n) is 20.0. The molecule has 9 nitrogen and oxygen atoms in total. The molecule has 3 aliphatic rings. The van der Waals surface area contributed by atoms with E-state index in [1.54, 1.807) is 14.0 Å². The van der Waals surface area contributed by atoms with Gasteiger partial charge in [-0.05, 0) is 38.7 Å². The molecule has 3 saturated heterocycles. The van der Waals surface area contributed by atoms with Crippen molar-refractivity contribution in [2.24, 2.45) is 0 Å². The quantitative estimate of drug-likeness (QED) is 0.623. The molecule has 0 radical (unpaired) electrons. The summed E-state index contributed by atoms with van der Waals surface area (Å²) in [6.45, 7) is 6.75. The molecule has 0 saturated carbocycles. The van der Waals surface area contributed by atoms with Crippen LogP contribution in [-0.4, -0.2) is 52.2 Å². The molecule has 0 spiro atoms. The Labute approximate surface area is 199 Å². The average molecular weight is 490 g/mol. The first kappa shape index (κ1) is 23.9. The minimum Gasteiger partial charge on any atom is -0.374 e. The zero-order chi connectivity index (χ0) is 24.0. The van der Waals surface area contributed by atoms with Crippen LogP contribution >= 0.6 is 8.53 Å². The van der Waals surface area contributed by atoms with Crippen molar-refractivity contribution in [2.75, 3.05) is 13.7 Å². The molecule has 1 aromatic carbocycles. The van der Waals surface area contributed by atoms with Gasteiger partial charge >= 0.3 is 5.69 Å². The van der Waals surface area contributed by atoms with Gasteiger partial charge in [-0.25, -0.2) is 9.46 Å². The number of nitrogens with zero attached hydrogens (tertiary/aromatic N) is 2. The predicted octanol–water partition coefficient (Wildman–Crippen LogP) is 3.19. The van der Waals surface area contributed by atoms with Crippen molar-refractivity contribution in [1.29, 1.82) is 0 Å².